The molecule has 0 bridgehead atoms. The minimum Gasteiger partial charge on any atom is -0.469 e. The van der Waals surface area contributed by atoms with Gasteiger partial charge in [-0.2, -0.15) is 0 Å². The summed E-state index contributed by atoms with van der Waals surface area (Å²) in [6.45, 7) is 0.762. The molecule has 1 aliphatic rings. The van der Waals surface area contributed by atoms with Crippen molar-refractivity contribution >= 4 is 5.97 Å². The van der Waals surface area contributed by atoms with Crippen LogP contribution < -0.4 is 5.73 Å². The molecule has 0 aromatic carbocycles. The van der Waals surface area contributed by atoms with Gasteiger partial charge in [0, 0.05) is 6.42 Å². The number of rotatable bonds is 3. The fraction of sp³-hybridized carbons (Fsp3) is 0.909. The lowest BCUT2D eigenvalue weighted by Gasteiger charge is -2.17. The van der Waals surface area contributed by atoms with Crippen LogP contribution in [0, 0.1) is 11.8 Å². The monoisotopic (exact) mass is 199 g/mol. The first-order valence-electron chi connectivity index (χ1n) is 5.53. The van der Waals surface area contributed by atoms with Crippen LogP contribution in [0.25, 0.3) is 0 Å². The molecule has 82 valence electrons. The third-order valence-electron chi connectivity index (χ3n) is 3.16. The Hall–Kier alpha value is -0.570. The molecule has 3 nitrogen and oxygen atoms in total. The molecule has 0 spiro atoms. The van der Waals surface area contributed by atoms with Gasteiger partial charge in [0.05, 0.1) is 7.11 Å². The maximum absolute atomic E-state index is 11.1. The van der Waals surface area contributed by atoms with Crippen LogP contribution >= 0.6 is 0 Å². The van der Waals surface area contributed by atoms with E-state index in [0.29, 0.717) is 18.3 Å². The van der Waals surface area contributed by atoms with Gasteiger partial charge < -0.3 is 10.5 Å². The summed E-state index contributed by atoms with van der Waals surface area (Å²) >= 11 is 0. The smallest absolute Gasteiger partial charge is 0.305 e. The van der Waals surface area contributed by atoms with Gasteiger partial charge in [-0.05, 0) is 37.6 Å². The fourth-order valence-corrected chi connectivity index (χ4v) is 2.29. The second kappa shape index (κ2) is 6.02. The maximum atomic E-state index is 11.1. The molecule has 3 heteroatoms. The lowest BCUT2D eigenvalue weighted by molar-refractivity contribution is -0.141. The maximum Gasteiger partial charge on any atom is 0.305 e. The summed E-state index contributed by atoms with van der Waals surface area (Å²) in [5, 5.41) is 0. The molecule has 0 radical (unpaired) electrons. The van der Waals surface area contributed by atoms with Crippen molar-refractivity contribution in [3.05, 3.63) is 0 Å². The van der Waals surface area contributed by atoms with Crippen LogP contribution in [0.4, 0.5) is 0 Å². The van der Waals surface area contributed by atoms with Gasteiger partial charge in [-0.25, -0.2) is 0 Å². The topological polar surface area (TPSA) is 52.3 Å². The molecule has 0 aromatic rings. The Morgan fingerprint density at radius 1 is 1.36 bits per heavy atom. The Morgan fingerprint density at radius 3 is 2.57 bits per heavy atom. The number of carbonyl (C=O) groups is 1. The van der Waals surface area contributed by atoms with E-state index in [4.69, 9.17) is 10.5 Å². The Labute approximate surface area is 86.0 Å². The zero-order valence-electron chi connectivity index (χ0n) is 9.00. The van der Waals surface area contributed by atoms with Crippen LogP contribution in [0.15, 0.2) is 0 Å². The zero-order chi connectivity index (χ0) is 10.4. The molecule has 2 unspecified atom stereocenters. The largest absolute Gasteiger partial charge is 0.469 e. The molecule has 2 N–H and O–H groups in total. The summed E-state index contributed by atoms with van der Waals surface area (Å²) in [5.41, 5.74) is 5.68. The number of hydrogen-bond acceptors (Lipinski definition) is 3. The van der Waals surface area contributed by atoms with Crippen molar-refractivity contribution in [2.45, 2.75) is 38.5 Å². The van der Waals surface area contributed by atoms with Crippen LogP contribution in [0.5, 0.6) is 0 Å². The minimum absolute atomic E-state index is 0.0762. The Bertz CT molecular complexity index is 182. The SMILES string of the molecule is COC(=O)CC1CCCCC(CN)C1. The van der Waals surface area contributed by atoms with Gasteiger partial charge >= 0.3 is 5.97 Å². The second-order valence-corrected chi connectivity index (χ2v) is 4.27. The standard InChI is InChI=1S/C11H21NO2/c1-14-11(13)7-9-4-2-3-5-10(6-9)8-12/h9-10H,2-8,12H2,1H3. The van der Waals surface area contributed by atoms with Crippen LogP contribution in [0.1, 0.15) is 38.5 Å². The van der Waals surface area contributed by atoms with Crippen LogP contribution in [0.2, 0.25) is 0 Å². The number of carbonyl (C=O) groups excluding carboxylic acids is 1. The van der Waals surface area contributed by atoms with E-state index in [2.05, 4.69) is 0 Å². The van der Waals surface area contributed by atoms with Gasteiger partial charge in [0.15, 0.2) is 0 Å². The summed E-state index contributed by atoms with van der Waals surface area (Å²) in [5.74, 6) is 1.04. The molecule has 1 saturated carbocycles. The first kappa shape index (κ1) is 11.5. The first-order valence-corrected chi connectivity index (χ1v) is 5.53. The molecule has 0 heterocycles. The van der Waals surface area contributed by atoms with Gasteiger partial charge in [0.1, 0.15) is 0 Å². The van der Waals surface area contributed by atoms with E-state index < -0.39 is 0 Å². The second-order valence-electron chi connectivity index (χ2n) is 4.27. The van der Waals surface area contributed by atoms with E-state index in [1.54, 1.807) is 0 Å². The third-order valence-corrected chi connectivity index (χ3v) is 3.16. The van der Waals surface area contributed by atoms with Crippen molar-refractivity contribution < 1.29 is 9.53 Å². The van der Waals surface area contributed by atoms with Crippen molar-refractivity contribution in [3.8, 4) is 0 Å². The van der Waals surface area contributed by atoms with Crippen LogP contribution in [0.3, 0.4) is 0 Å². The van der Waals surface area contributed by atoms with Crippen LogP contribution in [-0.4, -0.2) is 19.6 Å². The summed E-state index contributed by atoms with van der Waals surface area (Å²) in [7, 11) is 1.46. The van der Waals surface area contributed by atoms with Gasteiger partial charge in [0.25, 0.3) is 0 Å². The molecule has 14 heavy (non-hydrogen) atoms. The minimum atomic E-state index is -0.0762. The van der Waals surface area contributed by atoms with E-state index in [-0.39, 0.29) is 5.97 Å². The normalized spacial score (nSPS) is 28.1. The highest BCUT2D eigenvalue weighted by molar-refractivity contribution is 5.69. The van der Waals surface area contributed by atoms with E-state index in [9.17, 15) is 4.79 Å². The molecular weight excluding hydrogens is 178 g/mol. The lowest BCUT2D eigenvalue weighted by atomic mass is 9.91. The number of nitrogens with two attached hydrogens (primary N) is 1. The van der Waals surface area contributed by atoms with E-state index in [0.717, 1.165) is 19.4 Å². The molecule has 0 aromatic heterocycles. The summed E-state index contributed by atoms with van der Waals surface area (Å²) in [4.78, 5) is 11.1. The molecule has 1 aliphatic carbocycles. The molecule has 0 aliphatic heterocycles. The van der Waals surface area contributed by atoms with E-state index >= 15 is 0 Å². The van der Waals surface area contributed by atoms with Gasteiger partial charge in [0.2, 0.25) is 0 Å². The van der Waals surface area contributed by atoms with Crippen LogP contribution in [-0.2, 0) is 9.53 Å². The average molecular weight is 199 g/mol. The number of esters is 1. The molecule has 2 atom stereocenters. The fourth-order valence-electron chi connectivity index (χ4n) is 2.29. The average Bonchev–Trinajstić information content (AvgIpc) is 2.42. The highest BCUT2D eigenvalue weighted by atomic mass is 16.5. The summed E-state index contributed by atoms with van der Waals surface area (Å²) in [6.07, 6.45) is 6.57. The van der Waals surface area contributed by atoms with Crippen molar-refractivity contribution in [2.24, 2.45) is 17.6 Å². The third kappa shape index (κ3) is 3.66. The highest BCUT2D eigenvalue weighted by Gasteiger charge is 2.21. The van der Waals surface area contributed by atoms with Crippen molar-refractivity contribution in [2.75, 3.05) is 13.7 Å². The van der Waals surface area contributed by atoms with Gasteiger partial charge in [-0.3, -0.25) is 4.79 Å². The molecule has 1 rings (SSSR count). The summed E-state index contributed by atoms with van der Waals surface area (Å²) < 4.78 is 4.69. The number of hydrogen-bond donors (Lipinski definition) is 1. The van der Waals surface area contributed by atoms with E-state index in [1.807, 2.05) is 0 Å². The molecular formula is C11H21NO2. The molecule has 0 amide bonds. The highest BCUT2D eigenvalue weighted by Crippen LogP contribution is 2.29. The summed E-state index contributed by atoms with van der Waals surface area (Å²) in [6, 6.07) is 0. The Balaban J connectivity index is 2.38. The quantitative estimate of drug-likeness (QED) is 0.556. The van der Waals surface area contributed by atoms with Gasteiger partial charge in [-0.1, -0.05) is 12.8 Å². The molecule has 1 fully saturated rings. The Morgan fingerprint density at radius 2 is 2.00 bits per heavy atom. The lowest BCUT2D eigenvalue weighted by Crippen LogP contribution is -2.18. The predicted octanol–water partition coefficient (Wildman–Crippen LogP) is 1.70. The van der Waals surface area contributed by atoms with Crippen molar-refractivity contribution in [1.82, 2.24) is 0 Å². The van der Waals surface area contributed by atoms with Crippen molar-refractivity contribution in [1.29, 1.82) is 0 Å². The van der Waals surface area contributed by atoms with Crippen molar-refractivity contribution in [3.63, 3.8) is 0 Å². The predicted molar refractivity (Wildman–Crippen MR) is 55.8 cm³/mol. The zero-order valence-corrected chi connectivity index (χ0v) is 9.00. The number of methoxy groups -OCH3 is 1. The van der Waals surface area contributed by atoms with Gasteiger partial charge in [-0.15, -0.1) is 0 Å². The number of ether oxygens (including phenoxy) is 1. The Kier molecular flexibility index (Phi) is 4.94. The molecule has 0 saturated heterocycles. The van der Waals surface area contributed by atoms with E-state index in [1.165, 1.54) is 26.4 Å². The first-order chi connectivity index (χ1) is 6.76.